The fourth-order valence-electron chi connectivity index (χ4n) is 1.52. The van der Waals surface area contributed by atoms with Crippen molar-refractivity contribution >= 4 is 5.97 Å². The largest absolute Gasteiger partial charge is 0.469 e. The Labute approximate surface area is 93.6 Å². The van der Waals surface area contributed by atoms with Crippen LogP contribution in [0.15, 0.2) is 0 Å². The minimum atomic E-state index is -0.0953. The first kappa shape index (κ1) is 14.4. The summed E-state index contributed by atoms with van der Waals surface area (Å²) in [6.07, 6.45) is 6.22. The molecule has 0 saturated heterocycles. The van der Waals surface area contributed by atoms with E-state index in [0.29, 0.717) is 12.5 Å². The standard InChI is InChI=1S/C12H24NO2/c1-4-13-11(2)9-7-5-6-8-10-12(14)15-3/h11,13H,1,4-10H2,2-3H3. The molecule has 0 amide bonds. The Balaban J connectivity index is 3.14. The van der Waals surface area contributed by atoms with Gasteiger partial charge in [-0.1, -0.05) is 19.3 Å². The van der Waals surface area contributed by atoms with E-state index < -0.39 is 0 Å². The molecule has 0 aliphatic carbocycles. The summed E-state index contributed by atoms with van der Waals surface area (Å²) in [6.45, 7) is 6.72. The van der Waals surface area contributed by atoms with Gasteiger partial charge >= 0.3 is 5.97 Å². The van der Waals surface area contributed by atoms with E-state index in [2.05, 4.69) is 23.9 Å². The lowest BCUT2D eigenvalue weighted by molar-refractivity contribution is -0.140. The van der Waals surface area contributed by atoms with Gasteiger partial charge in [0.05, 0.1) is 7.11 Å². The number of carbonyl (C=O) groups is 1. The van der Waals surface area contributed by atoms with Crippen molar-refractivity contribution in [1.82, 2.24) is 5.32 Å². The SMILES string of the molecule is [CH2]CNC(C)CCCCCCC(=O)OC. The van der Waals surface area contributed by atoms with Crippen LogP contribution in [0.3, 0.4) is 0 Å². The molecule has 0 heterocycles. The predicted molar refractivity (Wildman–Crippen MR) is 62.5 cm³/mol. The van der Waals surface area contributed by atoms with Crippen LogP contribution in [0.4, 0.5) is 0 Å². The molecule has 0 bridgehead atoms. The average Bonchev–Trinajstić information content (AvgIpc) is 2.23. The van der Waals surface area contributed by atoms with Gasteiger partial charge in [-0.15, -0.1) is 0 Å². The topological polar surface area (TPSA) is 38.3 Å². The molecule has 0 fully saturated rings. The summed E-state index contributed by atoms with van der Waals surface area (Å²) in [4.78, 5) is 10.8. The third kappa shape index (κ3) is 9.73. The number of esters is 1. The summed E-state index contributed by atoms with van der Waals surface area (Å²) in [5, 5.41) is 3.28. The van der Waals surface area contributed by atoms with Crippen molar-refractivity contribution in [3.63, 3.8) is 0 Å². The molecule has 1 N–H and O–H groups in total. The molecule has 0 aromatic rings. The fraction of sp³-hybridized carbons (Fsp3) is 0.833. The van der Waals surface area contributed by atoms with E-state index in [1.807, 2.05) is 0 Å². The molecule has 0 aromatic carbocycles. The van der Waals surface area contributed by atoms with Gasteiger partial charge < -0.3 is 10.1 Å². The first-order chi connectivity index (χ1) is 7.20. The second-order valence-electron chi connectivity index (χ2n) is 3.88. The first-order valence-electron chi connectivity index (χ1n) is 5.80. The lowest BCUT2D eigenvalue weighted by atomic mass is 10.1. The minimum Gasteiger partial charge on any atom is -0.469 e. The van der Waals surface area contributed by atoms with E-state index in [0.717, 1.165) is 19.4 Å². The number of nitrogens with one attached hydrogen (secondary N) is 1. The number of methoxy groups -OCH3 is 1. The number of hydrogen-bond acceptors (Lipinski definition) is 3. The molecular weight excluding hydrogens is 190 g/mol. The van der Waals surface area contributed by atoms with E-state index in [4.69, 9.17) is 0 Å². The summed E-state index contributed by atoms with van der Waals surface area (Å²) < 4.78 is 4.57. The highest BCUT2D eigenvalue weighted by molar-refractivity contribution is 5.68. The van der Waals surface area contributed by atoms with Crippen molar-refractivity contribution in [2.45, 2.75) is 51.5 Å². The molecule has 3 nitrogen and oxygen atoms in total. The Morgan fingerprint density at radius 3 is 2.60 bits per heavy atom. The van der Waals surface area contributed by atoms with E-state index in [-0.39, 0.29) is 5.97 Å². The Kier molecular flexibility index (Phi) is 9.59. The molecule has 0 rings (SSSR count). The third-order valence-corrected chi connectivity index (χ3v) is 2.49. The second kappa shape index (κ2) is 9.97. The third-order valence-electron chi connectivity index (χ3n) is 2.49. The molecule has 1 atom stereocenters. The van der Waals surface area contributed by atoms with Crippen LogP contribution in [0.2, 0.25) is 0 Å². The van der Waals surface area contributed by atoms with Crippen LogP contribution in [-0.2, 0) is 9.53 Å². The van der Waals surface area contributed by atoms with Gasteiger partial charge in [-0.3, -0.25) is 4.79 Å². The van der Waals surface area contributed by atoms with Crippen molar-refractivity contribution in [3.8, 4) is 0 Å². The molecule has 1 radical (unpaired) electrons. The smallest absolute Gasteiger partial charge is 0.305 e. The summed E-state index contributed by atoms with van der Waals surface area (Å²) in [5.41, 5.74) is 0. The van der Waals surface area contributed by atoms with Gasteiger partial charge in [-0.25, -0.2) is 0 Å². The quantitative estimate of drug-likeness (QED) is 0.473. The van der Waals surface area contributed by atoms with Crippen LogP contribution in [0, 0.1) is 6.92 Å². The van der Waals surface area contributed by atoms with Gasteiger partial charge in [-0.2, -0.15) is 0 Å². The highest BCUT2D eigenvalue weighted by Gasteiger charge is 2.01. The van der Waals surface area contributed by atoms with Crippen molar-refractivity contribution in [2.75, 3.05) is 13.7 Å². The van der Waals surface area contributed by atoms with E-state index in [1.165, 1.54) is 26.4 Å². The van der Waals surface area contributed by atoms with Gasteiger partial charge in [-0.05, 0) is 33.2 Å². The monoisotopic (exact) mass is 214 g/mol. The minimum absolute atomic E-state index is 0.0953. The Morgan fingerprint density at radius 1 is 1.33 bits per heavy atom. The summed E-state index contributed by atoms with van der Waals surface area (Å²) in [5.74, 6) is -0.0953. The van der Waals surface area contributed by atoms with Crippen LogP contribution >= 0.6 is 0 Å². The van der Waals surface area contributed by atoms with Gasteiger partial charge in [0.1, 0.15) is 0 Å². The number of hydrogen-bond donors (Lipinski definition) is 1. The van der Waals surface area contributed by atoms with Crippen molar-refractivity contribution in [3.05, 3.63) is 6.92 Å². The molecule has 15 heavy (non-hydrogen) atoms. The number of unbranched alkanes of at least 4 members (excludes halogenated alkanes) is 3. The van der Waals surface area contributed by atoms with Crippen LogP contribution in [-0.4, -0.2) is 25.7 Å². The zero-order valence-corrected chi connectivity index (χ0v) is 10.1. The maximum Gasteiger partial charge on any atom is 0.305 e. The predicted octanol–water partition coefficient (Wildman–Crippen LogP) is 2.31. The van der Waals surface area contributed by atoms with Gasteiger partial charge in [0, 0.05) is 12.5 Å². The van der Waals surface area contributed by atoms with Gasteiger partial charge in [0.2, 0.25) is 0 Å². The Morgan fingerprint density at radius 2 is 2.00 bits per heavy atom. The first-order valence-corrected chi connectivity index (χ1v) is 5.80. The van der Waals surface area contributed by atoms with E-state index in [9.17, 15) is 4.79 Å². The normalized spacial score (nSPS) is 12.5. The molecule has 0 spiro atoms. The number of carbonyl (C=O) groups excluding carboxylic acids is 1. The molecular formula is C12H24NO2. The zero-order valence-electron chi connectivity index (χ0n) is 10.1. The second-order valence-corrected chi connectivity index (χ2v) is 3.88. The molecule has 0 saturated carbocycles. The maximum absolute atomic E-state index is 10.8. The summed E-state index contributed by atoms with van der Waals surface area (Å²) in [7, 11) is 1.44. The van der Waals surface area contributed by atoms with Gasteiger partial charge in [0.15, 0.2) is 0 Å². The lowest BCUT2D eigenvalue weighted by Gasteiger charge is -2.11. The lowest BCUT2D eigenvalue weighted by Crippen LogP contribution is -2.25. The van der Waals surface area contributed by atoms with Crippen LogP contribution in [0.1, 0.15) is 45.4 Å². The zero-order chi connectivity index (χ0) is 11.5. The van der Waals surface area contributed by atoms with Gasteiger partial charge in [0.25, 0.3) is 0 Å². The molecule has 0 aliphatic rings. The van der Waals surface area contributed by atoms with Crippen molar-refractivity contribution in [2.24, 2.45) is 0 Å². The molecule has 0 aliphatic heterocycles. The van der Waals surface area contributed by atoms with Crippen LogP contribution in [0.5, 0.6) is 0 Å². The maximum atomic E-state index is 10.8. The molecule has 0 aromatic heterocycles. The Bertz CT molecular complexity index is 160. The highest BCUT2D eigenvalue weighted by atomic mass is 16.5. The van der Waals surface area contributed by atoms with Crippen molar-refractivity contribution < 1.29 is 9.53 Å². The number of rotatable bonds is 9. The summed E-state index contributed by atoms with van der Waals surface area (Å²) in [6, 6.07) is 0.558. The molecule has 89 valence electrons. The van der Waals surface area contributed by atoms with Crippen LogP contribution in [0.25, 0.3) is 0 Å². The highest BCUT2D eigenvalue weighted by Crippen LogP contribution is 2.07. The van der Waals surface area contributed by atoms with Crippen molar-refractivity contribution in [1.29, 1.82) is 0 Å². The molecule has 3 heteroatoms. The number of ether oxygens (including phenoxy) is 1. The fourth-order valence-corrected chi connectivity index (χ4v) is 1.52. The average molecular weight is 214 g/mol. The summed E-state index contributed by atoms with van der Waals surface area (Å²) >= 11 is 0. The molecule has 1 unspecified atom stereocenters. The van der Waals surface area contributed by atoms with E-state index >= 15 is 0 Å². The van der Waals surface area contributed by atoms with Crippen LogP contribution < -0.4 is 5.32 Å². The Hall–Kier alpha value is -0.570. The van der Waals surface area contributed by atoms with E-state index in [1.54, 1.807) is 0 Å².